The molecule has 2 heterocycles. The molecule has 0 aromatic carbocycles. The van der Waals surface area contributed by atoms with E-state index in [1.165, 1.54) is 12.0 Å². The molecule has 0 atom stereocenters. The molecule has 1 fully saturated rings. The van der Waals surface area contributed by atoms with Crippen molar-refractivity contribution >= 4 is 23.7 Å². The predicted octanol–water partition coefficient (Wildman–Crippen LogP) is -1.30. The predicted molar refractivity (Wildman–Crippen MR) is 65.4 cm³/mol. The van der Waals surface area contributed by atoms with E-state index >= 15 is 0 Å². The molecule has 1 aromatic heterocycles. The summed E-state index contributed by atoms with van der Waals surface area (Å²) in [7, 11) is 1.39. The third kappa shape index (κ3) is 2.26. The molecule has 9 heteroatoms. The number of aromatic nitrogens is 3. The number of nitrogens with zero attached hydrogens (tertiary/aromatic N) is 4. The Morgan fingerprint density at radius 2 is 2.00 bits per heavy atom. The molecule has 1 aromatic rings. The molecule has 19 heavy (non-hydrogen) atoms. The van der Waals surface area contributed by atoms with Gasteiger partial charge in [-0.3, -0.25) is 14.9 Å². The van der Waals surface area contributed by atoms with E-state index in [2.05, 4.69) is 20.3 Å². The number of rotatable bonds is 2. The van der Waals surface area contributed by atoms with Crippen molar-refractivity contribution in [1.82, 2.24) is 20.3 Å². The molecule has 0 unspecified atom stereocenters. The van der Waals surface area contributed by atoms with Gasteiger partial charge < -0.3 is 15.4 Å². The molecular weight excluding hydrogens is 252 g/mol. The highest BCUT2D eigenvalue weighted by Gasteiger charge is 2.42. The molecule has 1 saturated heterocycles. The summed E-state index contributed by atoms with van der Waals surface area (Å²) in [5, 5.41) is 2.26. The second kappa shape index (κ2) is 4.34. The van der Waals surface area contributed by atoms with E-state index in [0.29, 0.717) is 0 Å². The largest absolute Gasteiger partial charge is 0.467 e. The first-order valence-electron chi connectivity index (χ1n) is 5.52. The maximum absolute atomic E-state index is 11.8. The Labute approximate surface area is 109 Å². The summed E-state index contributed by atoms with van der Waals surface area (Å²) in [6.45, 7) is 3.26. The molecular formula is C10H14N6O3. The average molecular weight is 266 g/mol. The number of methoxy groups -OCH3 is 1. The van der Waals surface area contributed by atoms with E-state index in [9.17, 15) is 9.59 Å². The number of ether oxygens (including phenoxy) is 1. The lowest BCUT2D eigenvalue weighted by atomic mass is 9.99. The second-order valence-corrected chi connectivity index (χ2v) is 4.50. The van der Waals surface area contributed by atoms with Gasteiger partial charge in [0.15, 0.2) is 0 Å². The van der Waals surface area contributed by atoms with Crippen LogP contribution in [0.5, 0.6) is 6.01 Å². The maximum atomic E-state index is 11.8. The molecule has 3 N–H and O–H groups in total. The molecule has 0 spiro atoms. The number of hydrogen-bond donors (Lipinski definition) is 2. The first kappa shape index (κ1) is 13.0. The first-order valence-corrected chi connectivity index (χ1v) is 5.52. The number of imide groups is 1. The van der Waals surface area contributed by atoms with E-state index < -0.39 is 17.4 Å². The smallest absolute Gasteiger partial charge is 0.322 e. The molecule has 9 nitrogen and oxygen atoms in total. The molecule has 2 rings (SSSR count). The van der Waals surface area contributed by atoms with Crippen LogP contribution in [-0.2, 0) is 9.59 Å². The number of nitrogens with one attached hydrogen (secondary N) is 1. The van der Waals surface area contributed by atoms with Crippen molar-refractivity contribution < 1.29 is 14.3 Å². The molecule has 1 aliphatic rings. The average Bonchev–Trinajstić information content (AvgIpc) is 2.33. The van der Waals surface area contributed by atoms with Gasteiger partial charge in [0.25, 0.3) is 5.91 Å². The Morgan fingerprint density at radius 1 is 1.32 bits per heavy atom. The fourth-order valence-corrected chi connectivity index (χ4v) is 1.68. The first-order chi connectivity index (χ1) is 8.84. The van der Waals surface area contributed by atoms with Crippen LogP contribution in [0.15, 0.2) is 0 Å². The highest BCUT2D eigenvalue weighted by atomic mass is 16.5. The summed E-state index contributed by atoms with van der Waals surface area (Å²) < 4.78 is 4.89. The van der Waals surface area contributed by atoms with Gasteiger partial charge in [-0.2, -0.15) is 15.0 Å². The minimum absolute atomic E-state index is 0.0248. The lowest BCUT2D eigenvalue weighted by Gasteiger charge is -2.39. The number of carbonyl (C=O) groups is 2. The molecule has 1 aliphatic heterocycles. The zero-order valence-electron chi connectivity index (χ0n) is 10.8. The van der Waals surface area contributed by atoms with Gasteiger partial charge in [-0.05, 0) is 13.8 Å². The van der Waals surface area contributed by atoms with Gasteiger partial charge in [0.2, 0.25) is 17.8 Å². The Bertz CT molecular complexity index is 544. The number of piperazine rings is 1. The Balaban J connectivity index is 2.46. The number of nitrogen functional groups attached to an aromatic ring is 1. The van der Waals surface area contributed by atoms with Crippen LogP contribution in [-0.4, -0.2) is 46.0 Å². The van der Waals surface area contributed by atoms with E-state index in [-0.39, 0.29) is 24.5 Å². The third-order valence-corrected chi connectivity index (χ3v) is 2.83. The van der Waals surface area contributed by atoms with Crippen molar-refractivity contribution in [1.29, 1.82) is 0 Å². The number of hydrogen-bond acceptors (Lipinski definition) is 8. The highest BCUT2D eigenvalue weighted by Crippen LogP contribution is 2.24. The number of amides is 2. The van der Waals surface area contributed by atoms with E-state index in [4.69, 9.17) is 10.5 Å². The van der Waals surface area contributed by atoms with Crippen molar-refractivity contribution in [2.75, 3.05) is 24.3 Å². The van der Waals surface area contributed by atoms with Crippen molar-refractivity contribution in [3.63, 3.8) is 0 Å². The van der Waals surface area contributed by atoms with Gasteiger partial charge in [-0.25, -0.2) is 0 Å². The number of carbonyl (C=O) groups excluding carboxylic acids is 2. The van der Waals surface area contributed by atoms with E-state index in [0.717, 1.165) is 0 Å². The molecule has 0 bridgehead atoms. The topological polar surface area (TPSA) is 123 Å². The normalized spacial score (nSPS) is 18.2. The molecule has 102 valence electrons. The zero-order chi connectivity index (χ0) is 14.2. The molecule has 0 aliphatic carbocycles. The summed E-state index contributed by atoms with van der Waals surface area (Å²) in [6, 6.07) is 0.0248. The SMILES string of the molecule is COc1nc(N)nc(N2CC(=O)NC(=O)C2(C)C)n1. The monoisotopic (exact) mass is 266 g/mol. The quantitative estimate of drug-likeness (QED) is 0.633. The lowest BCUT2D eigenvalue weighted by Crippen LogP contribution is -2.64. The van der Waals surface area contributed by atoms with E-state index in [1.807, 2.05) is 0 Å². The minimum atomic E-state index is -0.979. The fraction of sp³-hybridized carbons (Fsp3) is 0.500. The van der Waals surface area contributed by atoms with Gasteiger partial charge in [0.05, 0.1) is 7.11 Å². The van der Waals surface area contributed by atoms with Crippen LogP contribution in [0.1, 0.15) is 13.8 Å². The Hall–Kier alpha value is -2.45. The van der Waals surface area contributed by atoms with E-state index in [1.54, 1.807) is 13.8 Å². The number of nitrogens with two attached hydrogens (primary N) is 1. The molecule has 0 radical (unpaired) electrons. The second-order valence-electron chi connectivity index (χ2n) is 4.50. The summed E-state index contributed by atoms with van der Waals surface area (Å²) in [5.74, 6) is -0.780. The standard InChI is InChI=1S/C10H14N6O3/c1-10(2)6(18)12-5(17)4-16(10)8-13-7(11)14-9(15-8)19-3/h4H2,1-3H3,(H,12,17,18)(H2,11,13,14,15). The summed E-state index contributed by atoms with van der Waals surface area (Å²) in [5.41, 5.74) is 4.57. The van der Waals surface area contributed by atoms with Crippen LogP contribution in [0.2, 0.25) is 0 Å². The van der Waals surface area contributed by atoms with Gasteiger partial charge in [-0.15, -0.1) is 0 Å². The van der Waals surface area contributed by atoms with Crippen LogP contribution in [0, 0.1) is 0 Å². The van der Waals surface area contributed by atoms with Gasteiger partial charge in [0, 0.05) is 0 Å². The van der Waals surface area contributed by atoms with Crippen LogP contribution >= 0.6 is 0 Å². The Kier molecular flexibility index (Phi) is 2.97. The summed E-state index contributed by atoms with van der Waals surface area (Å²) in [4.78, 5) is 36.5. The van der Waals surface area contributed by atoms with Crippen LogP contribution < -0.4 is 20.7 Å². The van der Waals surface area contributed by atoms with Crippen molar-refractivity contribution in [3.8, 4) is 6.01 Å². The van der Waals surface area contributed by atoms with Gasteiger partial charge in [-0.1, -0.05) is 0 Å². The lowest BCUT2D eigenvalue weighted by molar-refractivity contribution is -0.135. The molecule has 0 saturated carbocycles. The van der Waals surface area contributed by atoms with Gasteiger partial charge in [0.1, 0.15) is 12.1 Å². The number of anilines is 2. The zero-order valence-corrected chi connectivity index (χ0v) is 10.8. The maximum Gasteiger partial charge on any atom is 0.322 e. The third-order valence-electron chi connectivity index (χ3n) is 2.83. The summed E-state index contributed by atoms with van der Waals surface area (Å²) in [6.07, 6.45) is 0. The summed E-state index contributed by atoms with van der Waals surface area (Å²) >= 11 is 0. The minimum Gasteiger partial charge on any atom is -0.467 e. The van der Waals surface area contributed by atoms with Crippen molar-refractivity contribution in [2.45, 2.75) is 19.4 Å². The van der Waals surface area contributed by atoms with Crippen LogP contribution in [0.4, 0.5) is 11.9 Å². The Morgan fingerprint density at radius 3 is 2.63 bits per heavy atom. The van der Waals surface area contributed by atoms with Crippen LogP contribution in [0.25, 0.3) is 0 Å². The fourth-order valence-electron chi connectivity index (χ4n) is 1.68. The van der Waals surface area contributed by atoms with Crippen molar-refractivity contribution in [2.24, 2.45) is 0 Å². The highest BCUT2D eigenvalue weighted by molar-refractivity contribution is 6.06. The van der Waals surface area contributed by atoms with Crippen LogP contribution in [0.3, 0.4) is 0 Å². The molecule has 2 amide bonds. The van der Waals surface area contributed by atoms with Crippen molar-refractivity contribution in [3.05, 3.63) is 0 Å². The van der Waals surface area contributed by atoms with Gasteiger partial charge >= 0.3 is 6.01 Å².